The molecule has 0 radical (unpaired) electrons. The predicted octanol–water partition coefficient (Wildman–Crippen LogP) is 3.01. The first-order chi connectivity index (χ1) is 9.20. The van der Waals surface area contributed by atoms with Crippen LogP contribution in [0.3, 0.4) is 0 Å². The molecule has 0 amide bonds. The maximum absolute atomic E-state index is 11.5. The molecule has 0 saturated carbocycles. The zero-order valence-corrected chi connectivity index (χ0v) is 12.1. The molecule has 20 heavy (non-hydrogen) atoms. The summed E-state index contributed by atoms with van der Waals surface area (Å²) in [5.74, 6) is 0.0448. The fraction of sp³-hybridized carbons (Fsp3) is 0.500. The first-order valence-electron chi connectivity index (χ1n) is 6.29. The lowest BCUT2D eigenvalue weighted by Crippen LogP contribution is -2.24. The highest BCUT2D eigenvalue weighted by Crippen LogP contribution is 2.27. The third-order valence-corrected chi connectivity index (χ3v) is 2.44. The molecular weight excluding hydrogens is 262 g/mol. The van der Waals surface area contributed by atoms with Gasteiger partial charge < -0.3 is 9.47 Å². The molecule has 6 nitrogen and oxygen atoms in total. The minimum atomic E-state index is -0.529. The van der Waals surface area contributed by atoms with Crippen LogP contribution in [0.4, 0.5) is 5.69 Å². The van der Waals surface area contributed by atoms with Gasteiger partial charge in [-0.25, -0.2) is 0 Å². The second-order valence-electron chi connectivity index (χ2n) is 5.34. The van der Waals surface area contributed by atoms with E-state index in [-0.39, 0.29) is 24.7 Å². The van der Waals surface area contributed by atoms with Crippen molar-refractivity contribution in [3.8, 4) is 5.75 Å². The molecule has 0 aromatic heterocycles. The number of hydrogen-bond donors (Lipinski definition) is 0. The van der Waals surface area contributed by atoms with Crippen molar-refractivity contribution in [3.05, 3.63) is 33.9 Å². The molecule has 0 bridgehead atoms. The third kappa shape index (κ3) is 4.87. The van der Waals surface area contributed by atoms with E-state index in [1.807, 2.05) is 0 Å². The molecule has 0 unspecified atom stereocenters. The SMILES string of the molecule is Cc1c(OCCC(=O)OC(C)(C)C)cccc1[N+](=O)[O-]. The van der Waals surface area contributed by atoms with Crippen LogP contribution >= 0.6 is 0 Å². The van der Waals surface area contributed by atoms with Gasteiger partial charge >= 0.3 is 5.97 Å². The van der Waals surface area contributed by atoms with E-state index in [2.05, 4.69) is 0 Å². The van der Waals surface area contributed by atoms with Crippen LogP contribution in [-0.4, -0.2) is 23.1 Å². The Kier molecular flexibility index (Phi) is 5.07. The van der Waals surface area contributed by atoms with Crippen molar-refractivity contribution in [1.29, 1.82) is 0 Å². The topological polar surface area (TPSA) is 78.7 Å². The number of carbonyl (C=O) groups is 1. The predicted molar refractivity (Wildman–Crippen MR) is 73.8 cm³/mol. The number of rotatable bonds is 5. The lowest BCUT2D eigenvalue weighted by atomic mass is 10.2. The Morgan fingerprint density at radius 1 is 1.35 bits per heavy atom. The van der Waals surface area contributed by atoms with Gasteiger partial charge in [-0.15, -0.1) is 0 Å². The van der Waals surface area contributed by atoms with Gasteiger partial charge in [0, 0.05) is 6.07 Å². The molecule has 0 saturated heterocycles. The monoisotopic (exact) mass is 281 g/mol. The van der Waals surface area contributed by atoms with E-state index in [1.54, 1.807) is 39.8 Å². The number of benzene rings is 1. The minimum absolute atomic E-state index is 0.000215. The van der Waals surface area contributed by atoms with Gasteiger partial charge in [0.05, 0.1) is 23.5 Å². The summed E-state index contributed by atoms with van der Waals surface area (Å²) >= 11 is 0. The highest BCUT2D eigenvalue weighted by molar-refractivity contribution is 5.70. The molecule has 110 valence electrons. The van der Waals surface area contributed by atoms with Crippen molar-refractivity contribution in [2.24, 2.45) is 0 Å². The standard InChI is InChI=1S/C14H19NO5/c1-10-11(15(17)18)6-5-7-12(10)19-9-8-13(16)20-14(2,3)4/h5-7H,8-9H2,1-4H3. The molecule has 0 heterocycles. The molecule has 0 N–H and O–H groups in total. The Morgan fingerprint density at radius 2 is 2.00 bits per heavy atom. The van der Waals surface area contributed by atoms with Crippen molar-refractivity contribution in [1.82, 2.24) is 0 Å². The summed E-state index contributed by atoms with van der Waals surface area (Å²) in [7, 11) is 0. The summed E-state index contributed by atoms with van der Waals surface area (Å²) in [6, 6.07) is 4.60. The molecule has 1 aromatic rings. The van der Waals surface area contributed by atoms with E-state index in [1.165, 1.54) is 6.07 Å². The van der Waals surface area contributed by atoms with Gasteiger partial charge in [-0.05, 0) is 33.8 Å². The van der Waals surface area contributed by atoms with Gasteiger partial charge in [-0.2, -0.15) is 0 Å². The average Bonchev–Trinajstić information content (AvgIpc) is 2.28. The van der Waals surface area contributed by atoms with Gasteiger partial charge in [0.25, 0.3) is 5.69 Å². The molecular formula is C14H19NO5. The van der Waals surface area contributed by atoms with E-state index in [0.717, 1.165) is 0 Å². The highest BCUT2D eigenvalue weighted by atomic mass is 16.6. The fourth-order valence-corrected chi connectivity index (χ4v) is 1.59. The minimum Gasteiger partial charge on any atom is -0.492 e. The number of carbonyl (C=O) groups excluding carboxylic acids is 1. The van der Waals surface area contributed by atoms with Crippen LogP contribution in [0.25, 0.3) is 0 Å². The van der Waals surface area contributed by atoms with E-state index in [9.17, 15) is 14.9 Å². The number of hydrogen-bond acceptors (Lipinski definition) is 5. The normalized spacial score (nSPS) is 11.0. The number of nitro groups is 1. The molecule has 0 aliphatic rings. The Balaban J connectivity index is 2.57. The fourth-order valence-electron chi connectivity index (χ4n) is 1.59. The van der Waals surface area contributed by atoms with Crippen LogP contribution in [0, 0.1) is 17.0 Å². The second-order valence-corrected chi connectivity index (χ2v) is 5.34. The second kappa shape index (κ2) is 6.36. The van der Waals surface area contributed by atoms with Crippen LogP contribution in [0.1, 0.15) is 32.8 Å². The Hall–Kier alpha value is -2.11. The largest absolute Gasteiger partial charge is 0.492 e. The van der Waals surface area contributed by atoms with Gasteiger partial charge in [0.1, 0.15) is 11.4 Å². The Labute approximate surface area is 117 Å². The van der Waals surface area contributed by atoms with Crippen LogP contribution in [0.5, 0.6) is 5.75 Å². The van der Waals surface area contributed by atoms with E-state index < -0.39 is 10.5 Å². The smallest absolute Gasteiger partial charge is 0.309 e. The van der Waals surface area contributed by atoms with Gasteiger partial charge in [0.2, 0.25) is 0 Å². The summed E-state index contributed by atoms with van der Waals surface area (Å²) in [4.78, 5) is 21.8. The highest BCUT2D eigenvalue weighted by Gasteiger charge is 2.17. The van der Waals surface area contributed by atoms with Crippen molar-refractivity contribution in [2.45, 2.75) is 39.7 Å². The number of nitro benzene ring substituents is 1. The lowest BCUT2D eigenvalue weighted by molar-refractivity contribution is -0.385. The number of ether oxygens (including phenoxy) is 2. The van der Waals surface area contributed by atoms with Crippen LogP contribution in [0.15, 0.2) is 18.2 Å². The molecule has 1 aromatic carbocycles. The molecule has 1 rings (SSSR count). The molecule has 0 atom stereocenters. The van der Waals surface area contributed by atoms with Gasteiger partial charge in [-0.3, -0.25) is 14.9 Å². The summed E-state index contributed by atoms with van der Waals surface area (Å²) in [6.45, 7) is 7.10. The third-order valence-electron chi connectivity index (χ3n) is 2.44. The van der Waals surface area contributed by atoms with E-state index in [4.69, 9.17) is 9.47 Å². The number of esters is 1. The first-order valence-corrected chi connectivity index (χ1v) is 6.29. The van der Waals surface area contributed by atoms with Crippen molar-refractivity contribution in [2.75, 3.05) is 6.61 Å². The number of nitrogens with zero attached hydrogens (tertiary/aromatic N) is 1. The van der Waals surface area contributed by atoms with E-state index >= 15 is 0 Å². The molecule has 6 heteroatoms. The average molecular weight is 281 g/mol. The summed E-state index contributed by atoms with van der Waals surface area (Å²) < 4.78 is 10.5. The van der Waals surface area contributed by atoms with Crippen LogP contribution in [-0.2, 0) is 9.53 Å². The van der Waals surface area contributed by atoms with Gasteiger partial charge in [-0.1, -0.05) is 6.07 Å². The zero-order chi connectivity index (χ0) is 15.3. The Bertz CT molecular complexity index is 505. The zero-order valence-electron chi connectivity index (χ0n) is 12.1. The van der Waals surface area contributed by atoms with E-state index in [0.29, 0.717) is 11.3 Å². The summed E-state index contributed by atoms with van der Waals surface area (Å²) in [5.41, 5.74) is -0.0834. The maximum atomic E-state index is 11.5. The molecule has 0 spiro atoms. The molecule has 0 aliphatic heterocycles. The van der Waals surface area contributed by atoms with Crippen molar-refractivity contribution in [3.63, 3.8) is 0 Å². The van der Waals surface area contributed by atoms with Crippen LogP contribution in [0.2, 0.25) is 0 Å². The summed E-state index contributed by atoms with van der Waals surface area (Å²) in [5, 5.41) is 10.8. The Morgan fingerprint density at radius 3 is 2.55 bits per heavy atom. The molecule has 0 aliphatic carbocycles. The maximum Gasteiger partial charge on any atom is 0.309 e. The van der Waals surface area contributed by atoms with Crippen LogP contribution < -0.4 is 4.74 Å². The van der Waals surface area contributed by atoms with Gasteiger partial charge in [0.15, 0.2) is 0 Å². The summed E-state index contributed by atoms with van der Waals surface area (Å²) in [6.07, 6.45) is 0.0966. The van der Waals surface area contributed by atoms with Crippen molar-refractivity contribution >= 4 is 11.7 Å². The lowest BCUT2D eigenvalue weighted by Gasteiger charge is -2.19. The first kappa shape index (κ1) is 15.9. The van der Waals surface area contributed by atoms with Crippen molar-refractivity contribution < 1.29 is 19.2 Å². The quantitative estimate of drug-likeness (QED) is 0.471. The molecule has 0 fully saturated rings.